The van der Waals surface area contributed by atoms with Crippen molar-refractivity contribution in [3.63, 3.8) is 0 Å². The van der Waals surface area contributed by atoms with Gasteiger partial charge in [-0.25, -0.2) is 4.79 Å². The SMILES string of the molecule is CC1CCCC(C)N1C(=O)NC1CCCC1C(=O)O. The van der Waals surface area contributed by atoms with Crippen LogP contribution in [0.3, 0.4) is 0 Å². The number of carboxylic acid groups (broad SMARTS) is 1. The van der Waals surface area contributed by atoms with Gasteiger partial charge in [0.05, 0.1) is 5.92 Å². The smallest absolute Gasteiger partial charge is 0.318 e. The molecule has 1 aliphatic heterocycles. The van der Waals surface area contributed by atoms with Gasteiger partial charge in [-0.05, 0) is 46.0 Å². The van der Waals surface area contributed by atoms with Crippen molar-refractivity contribution in [2.75, 3.05) is 0 Å². The van der Waals surface area contributed by atoms with Crippen molar-refractivity contribution in [3.05, 3.63) is 0 Å². The van der Waals surface area contributed by atoms with Gasteiger partial charge in [-0.3, -0.25) is 4.79 Å². The maximum absolute atomic E-state index is 12.4. The molecule has 5 nitrogen and oxygen atoms in total. The zero-order chi connectivity index (χ0) is 14.0. The Kier molecular flexibility index (Phi) is 4.32. The molecule has 4 unspecified atom stereocenters. The zero-order valence-corrected chi connectivity index (χ0v) is 11.8. The Labute approximate surface area is 114 Å². The number of nitrogens with zero attached hydrogens (tertiary/aromatic N) is 1. The van der Waals surface area contributed by atoms with Crippen LogP contribution in [-0.4, -0.2) is 40.1 Å². The summed E-state index contributed by atoms with van der Waals surface area (Å²) in [7, 11) is 0. The number of carbonyl (C=O) groups is 2. The fraction of sp³-hybridized carbons (Fsp3) is 0.857. The van der Waals surface area contributed by atoms with E-state index < -0.39 is 11.9 Å². The van der Waals surface area contributed by atoms with E-state index in [1.807, 2.05) is 4.90 Å². The van der Waals surface area contributed by atoms with Crippen molar-refractivity contribution < 1.29 is 14.7 Å². The van der Waals surface area contributed by atoms with E-state index in [2.05, 4.69) is 19.2 Å². The molecule has 0 aromatic rings. The number of likely N-dealkylation sites (tertiary alicyclic amines) is 1. The molecule has 2 N–H and O–H groups in total. The van der Waals surface area contributed by atoms with Crippen LogP contribution in [-0.2, 0) is 4.79 Å². The fourth-order valence-corrected chi connectivity index (χ4v) is 3.48. The first-order chi connectivity index (χ1) is 9.00. The summed E-state index contributed by atoms with van der Waals surface area (Å²) >= 11 is 0. The molecule has 108 valence electrons. The standard InChI is InChI=1S/C14H24N2O3/c1-9-5-3-6-10(2)16(9)14(19)15-12-8-4-7-11(12)13(17)18/h9-12H,3-8H2,1-2H3,(H,15,19)(H,17,18). The van der Waals surface area contributed by atoms with E-state index >= 15 is 0 Å². The van der Waals surface area contributed by atoms with Crippen molar-refractivity contribution >= 4 is 12.0 Å². The molecule has 4 atom stereocenters. The van der Waals surface area contributed by atoms with E-state index in [1.165, 1.54) is 0 Å². The molecule has 2 amide bonds. The number of hydrogen-bond donors (Lipinski definition) is 2. The van der Waals surface area contributed by atoms with E-state index in [0.29, 0.717) is 6.42 Å². The van der Waals surface area contributed by atoms with Crippen molar-refractivity contribution in [1.82, 2.24) is 10.2 Å². The van der Waals surface area contributed by atoms with Crippen LogP contribution in [0.1, 0.15) is 52.4 Å². The third-order valence-corrected chi connectivity index (χ3v) is 4.57. The Balaban J connectivity index is 1.98. The average molecular weight is 268 g/mol. The zero-order valence-electron chi connectivity index (χ0n) is 11.8. The van der Waals surface area contributed by atoms with Gasteiger partial charge in [0.15, 0.2) is 0 Å². The summed E-state index contributed by atoms with van der Waals surface area (Å²) in [5.74, 6) is -1.21. The number of urea groups is 1. The molecule has 0 spiro atoms. The molecule has 1 aliphatic carbocycles. The van der Waals surface area contributed by atoms with E-state index in [0.717, 1.165) is 32.1 Å². The quantitative estimate of drug-likeness (QED) is 0.806. The molecule has 2 aliphatic rings. The van der Waals surface area contributed by atoms with Crippen molar-refractivity contribution in [3.8, 4) is 0 Å². The number of aliphatic carboxylic acids is 1. The number of amides is 2. The number of nitrogens with one attached hydrogen (secondary N) is 1. The Hall–Kier alpha value is -1.26. The lowest BCUT2D eigenvalue weighted by molar-refractivity contribution is -0.142. The molecular weight excluding hydrogens is 244 g/mol. The van der Waals surface area contributed by atoms with E-state index in [9.17, 15) is 9.59 Å². The predicted molar refractivity (Wildman–Crippen MR) is 71.9 cm³/mol. The molecule has 1 saturated carbocycles. The molecule has 0 aromatic heterocycles. The molecule has 2 rings (SSSR count). The van der Waals surface area contributed by atoms with Crippen molar-refractivity contribution in [2.45, 2.75) is 70.5 Å². The summed E-state index contributed by atoms with van der Waals surface area (Å²) in [6.07, 6.45) is 5.56. The third-order valence-electron chi connectivity index (χ3n) is 4.57. The lowest BCUT2D eigenvalue weighted by atomic mass is 9.98. The summed E-state index contributed by atoms with van der Waals surface area (Å²) < 4.78 is 0. The Bertz CT molecular complexity index is 349. The number of rotatable bonds is 2. The Morgan fingerprint density at radius 2 is 1.63 bits per heavy atom. The fourth-order valence-electron chi connectivity index (χ4n) is 3.48. The minimum Gasteiger partial charge on any atom is -0.481 e. The van der Waals surface area contributed by atoms with Gasteiger partial charge in [0, 0.05) is 18.1 Å². The van der Waals surface area contributed by atoms with E-state index in [-0.39, 0.29) is 24.2 Å². The summed E-state index contributed by atoms with van der Waals surface area (Å²) in [5, 5.41) is 12.1. The minimum atomic E-state index is -0.789. The van der Waals surface area contributed by atoms with Crippen LogP contribution in [0.4, 0.5) is 4.79 Å². The maximum Gasteiger partial charge on any atom is 0.318 e. The highest BCUT2D eigenvalue weighted by molar-refractivity contribution is 5.77. The number of hydrogen-bond acceptors (Lipinski definition) is 2. The summed E-state index contributed by atoms with van der Waals surface area (Å²) in [4.78, 5) is 25.4. The van der Waals surface area contributed by atoms with Gasteiger partial charge in [-0.2, -0.15) is 0 Å². The molecule has 1 heterocycles. The van der Waals surface area contributed by atoms with Gasteiger partial charge >= 0.3 is 12.0 Å². The van der Waals surface area contributed by atoms with Gasteiger partial charge in [0.2, 0.25) is 0 Å². The van der Waals surface area contributed by atoms with Crippen LogP contribution < -0.4 is 5.32 Å². The highest BCUT2D eigenvalue weighted by Gasteiger charge is 2.36. The molecule has 0 bridgehead atoms. The minimum absolute atomic E-state index is 0.0853. The van der Waals surface area contributed by atoms with Gasteiger partial charge in [0.25, 0.3) is 0 Å². The Morgan fingerprint density at radius 1 is 1.05 bits per heavy atom. The number of carbonyl (C=O) groups excluding carboxylic acids is 1. The molecular formula is C14H24N2O3. The second-order valence-electron chi connectivity index (χ2n) is 5.97. The van der Waals surface area contributed by atoms with Gasteiger partial charge < -0.3 is 15.3 Å². The first-order valence-corrected chi connectivity index (χ1v) is 7.32. The van der Waals surface area contributed by atoms with Crippen molar-refractivity contribution in [2.24, 2.45) is 5.92 Å². The summed E-state index contributed by atoms with van der Waals surface area (Å²) in [5.41, 5.74) is 0. The molecule has 1 saturated heterocycles. The summed E-state index contributed by atoms with van der Waals surface area (Å²) in [6.45, 7) is 4.14. The molecule has 2 fully saturated rings. The van der Waals surface area contributed by atoms with Crippen molar-refractivity contribution in [1.29, 1.82) is 0 Å². The topological polar surface area (TPSA) is 69.6 Å². The van der Waals surface area contributed by atoms with E-state index in [1.54, 1.807) is 0 Å². The van der Waals surface area contributed by atoms with Crippen LogP contribution in [0.5, 0.6) is 0 Å². The largest absolute Gasteiger partial charge is 0.481 e. The average Bonchev–Trinajstić information content (AvgIpc) is 2.76. The first kappa shape index (κ1) is 14.2. The van der Waals surface area contributed by atoms with Crippen LogP contribution >= 0.6 is 0 Å². The monoisotopic (exact) mass is 268 g/mol. The van der Waals surface area contributed by atoms with Crippen LogP contribution in [0, 0.1) is 5.92 Å². The number of piperidine rings is 1. The first-order valence-electron chi connectivity index (χ1n) is 7.32. The van der Waals surface area contributed by atoms with Crippen LogP contribution in [0.25, 0.3) is 0 Å². The molecule has 5 heteroatoms. The normalized spacial score (nSPS) is 35.2. The molecule has 0 radical (unpaired) electrons. The molecule has 0 aromatic carbocycles. The second-order valence-corrected chi connectivity index (χ2v) is 5.97. The van der Waals surface area contributed by atoms with Crippen LogP contribution in [0.15, 0.2) is 0 Å². The van der Waals surface area contributed by atoms with Gasteiger partial charge in [-0.1, -0.05) is 6.42 Å². The highest BCUT2D eigenvalue weighted by atomic mass is 16.4. The second kappa shape index (κ2) is 5.80. The van der Waals surface area contributed by atoms with E-state index in [4.69, 9.17) is 5.11 Å². The Morgan fingerprint density at radius 3 is 2.21 bits per heavy atom. The van der Waals surface area contributed by atoms with Gasteiger partial charge in [0.1, 0.15) is 0 Å². The number of carboxylic acids is 1. The molecule has 19 heavy (non-hydrogen) atoms. The lowest BCUT2D eigenvalue weighted by Gasteiger charge is -2.39. The van der Waals surface area contributed by atoms with Gasteiger partial charge in [-0.15, -0.1) is 0 Å². The maximum atomic E-state index is 12.4. The lowest BCUT2D eigenvalue weighted by Crippen LogP contribution is -2.54. The highest BCUT2D eigenvalue weighted by Crippen LogP contribution is 2.27. The predicted octanol–water partition coefficient (Wildman–Crippen LogP) is 2.21. The van der Waals surface area contributed by atoms with Crippen LogP contribution in [0.2, 0.25) is 0 Å². The summed E-state index contributed by atoms with van der Waals surface area (Å²) in [6, 6.07) is 0.200. The third kappa shape index (κ3) is 3.01.